The van der Waals surface area contributed by atoms with Crippen molar-refractivity contribution in [3.05, 3.63) is 29.3 Å². The second-order valence-electron chi connectivity index (χ2n) is 4.03. The summed E-state index contributed by atoms with van der Waals surface area (Å²) in [6.45, 7) is 5.88. The van der Waals surface area contributed by atoms with Gasteiger partial charge < -0.3 is 10.1 Å². The molecule has 0 aliphatic heterocycles. The van der Waals surface area contributed by atoms with Crippen molar-refractivity contribution in [2.24, 2.45) is 0 Å². The largest absolute Gasteiger partial charge is 0.382 e. The van der Waals surface area contributed by atoms with Crippen LogP contribution in [0.15, 0.2) is 29.2 Å². The van der Waals surface area contributed by atoms with Gasteiger partial charge in [0.15, 0.2) is 0 Å². The number of nitrogens with one attached hydrogen (secondary N) is 1. The van der Waals surface area contributed by atoms with Crippen LogP contribution < -0.4 is 5.32 Å². The summed E-state index contributed by atoms with van der Waals surface area (Å²) in [4.78, 5) is 12.8. The summed E-state index contributed by atoms with van der Waals surface area (Å²) in [7, 11) is 0. The van der Waals surface area contributed by atoms with Crippen LogP contribution in [0.3, 0.4) is 0 Å². The molecule has 19 heavy (non-hydrogen) atoms. The molecule has 5 heteroatoms. The normalized spacial score (nSPS) is 12.2. The quantitative estimate of drug-likeness (QED) is 0.591. The van der Waals surface area contributed by atoms with Crippen LogP contribution in [0.25, 0.3) is 0 Å². The molecule has 1 unspecified atom stereocenters. The van der Waals surface area contributed by atoms with Gasteiger partial charge in [0.25, 0.3) is 0 Å². The van der Waals surface area contributed by atoms with Crippen LogP contribution in [0.4, 0.5) is 0 Å². The minimum atomic E-state index is -0.160. The molecule has 0 bridgehead atoms. The van der Waals surface area contributed by atoms with Crippen LogP contribution in [-0.4, -0.2) is 30.9 Å². The summed E-state index contributed by atoms with van der Waals surface area (Å²) in [5.41, 5.74) is 0. The number of carbonyl (C=O) groups is 1. The van der Waals surface area contributed by atoms with Gasteiger partial charge in [-0.3, -0.25) is 4.79 Å². The molecule has 1 amide bonds. The van der Waals surface area contributed by atoms with E-state index in [0.29, 0.717) is 24.8 Å². The van der Waals surface area contributed by atoms with Crippen molar-refractivity contribution in [1.29, 1.82) is 0 Å². The number of hydrogen-bond donors (Lipinski definition) is 1. The van der Waals surface area contributed by atoms with E-state index in [0.717, 1.165) is 11.3 Å². The highest BCUT2D eigenvalue weighted by Crippen LogP contribution is 2.29. The van der Waals surface area contributed by atoms with Gasteiger partial charge in [-0.05, 0) is 32.4 Å². The van der Waals surface area contributed by atoms with Crippen molar-refractivity contribution in [2.75, 3.05) is 19.8 Å². The predicted molar refractivity (Wildman–Crippen MR) is 80.9 cm³/mol. The molecule has 106 valence electrons. The Kier molecular flexibility index (Phi) is 7.94. The molecular weight excluding hydrogens is 282 g/mol. The molecule has 1 atom stereocenters. The van der Waals surface area contributed by atoms with E-state index in [1.54, 1.807) is 0 Å². The van der Waals surface area contributed by atoms with Gasteiger partial charge in [0.2, 0.25) is 5.91 Å². The molecule has 0 radical (unpaired) electrons. The van der Waals surface area contributed by atoms with Gasteiger partial charge in [0.1, 0.15) is 0 Å². The number of hydrogen-bond acceptors (Lipinski definition) is 3. The maximum absolute atomic E-state index is 11.9. The van der Waals surface area contributed by atoms with Gasteiger partial charge in [-0.1, -0.05) is 23.7 Å². The van der Waals surface area contributed by atoms with Crippen molar-refractivity contribution >= 4 is 29.3 Å². The van der Waals surface area contributed by atoms with E-state index in [1.807, 2.05) is 38.1 Å². The van der Waals surface area contributed by atoms with Crippen molar-refractivity contribution in [1.82, 2.24) is 5.32 Å². The average Bonchev–Trinajstić information content (AvgIpc) is 2.41. The molecule has 0 aromatic heterocycles. The molecule has 0 heterocycles. The molecular formula is C14H20ClNO2S. The van der Waals surface area contributed by atoms with Crippen LogP contribution in [0, 0.1) is 0 Å². The predicted octanol–water partition coefficient (Wildman–Crippen LogP) is 3.36. The maximum Gasteiger partial charge on any atom is 0.233 e. The number of amides is 1. The highest BCUT2D eigenvalue weighted by Gasteiger charge is 2.14. The second kappa shape index (κ2) is 9.23. The van der Waals surface area contributed by atoms with Gasteiger partial charge in [-0.15, -0.1) is 11.8 Å². The highest BCUT2D eigenvalue weighted by molar-refractivity contribution is 8.00. The number of benzene rings is 1. The molecule has 3 nitrogen and oxygen atoms in total. The van der Waals surface area contributed by atoms with Gasteiger partial charge in [-0.25, -0.2) is 0 Å². The van der Waals surface area contributed by atoms with Crippen LogP contribution >= 0.6 is 23.4 Å². The fourth-order valence-corrected chi connectivity index (χ4v) is 2.64. The lowest BCUT2D eigenvalue weighted by atomic mass is 10.4. The van der Waals surface area contributed by atoms with Gasteiger partial charge >= 0.3 is 0 Å². The lowest BCUT2D eigenvalue weighted by molar-refractivity contribution is -0.120. The standard InChI is InChI=1S/C14H20ClNO2S/c1-3-18-10-6-9-16-14(17)11(2)19-13-8-5-4-7-12(13)15/h4-5,7-8,11H,3,6,9-10H2,1-2H3,(H,16,17). The molecule has 0 saturated carbocycles. The van der Waals surface area contributed by atoms with Crippen LogP contribution in [0.1, 0.15) is 20.3 Å². The number of rotatable bonds is 8. The summed E-state index contributed by atoms with van der Waals surface area (Å²) in [5, 5.41) is 3.42. The van der Waals surface area contributed by atoms with Crippen LogP contribution in [0.2, 0.25) is 5.02 Å². The Morgan fingerprint density at radius 2 is 2.21 bits per heavy atom. The Balaban J connectivity index is 2.31. The monoisotopic (exact) mass is 301 g/mol. The maximum atomic E-state index is 11.9. The second-order valence-corrected chi connectivity index (χ2v) is 5.82. The first-order valence-corrected chi connectivity index (χ1v) is 7.67. The first-order chi connectivity index (χ1) is 9.15. The molecule has 0 aliphatic rings. The fourth-order valence-electron chi connectivity index (χ4n) is 1.46. The molecule has 0 spiro atoms. The molecule has 0 aliphatic carbocycles. The Morgan fingerprint density at radius 3 is 2.89 bits per heavy atom. The lowest BCUT2D eigenvalue weighted by Gasteiger charge is -2.12. The summed E-state index contributed by atoms with van der Waals surface area (Å²) >= 11 is 7.54. The van der Waals surface area contributed by atoms with E-state index in [-0.39, 0.29) is 11.2 Å². The number of carbonyl (C=O) groups excluding carboxylic acids is 1. The molecule has 0 saturated heterocycles. The summed E-state index contributed by atoms with van der Waals surface area (Å²) < 4.78 is 5.21. The third-order valence-corrected chi connectivity index (χ3v) is 4.10. The lowest BCUT2D eigenvalue weighted by Crippen LogP contribution is -2.32. The fraction of sp³-hybridized carbons (Fsp3) is 0.500. The van der Waals surface area contributed by atoms with Crippen molar-refractivity contribution < 1.29 is 9.53 Å². The Labute approximate surface area is 124 Å². The average molecular weight is 302 g/mol. The third kappa shape index (κ3) is 6.32. The minimum absolute atomic E-state index is 0.0291. The first kappa shape index (κ1) is 16.3. The summed E-state index contributed by atoms with van der Waals surface area (Å²) in [5.74, 6) is 0.0291. The zero-order chi connectivity index (χ0) is 14.1. The Morgan fingerprint density at radius 1 is 1.47 bits per heavy atom. The van der Waals surface area contributed by atoms with Gasteiger partial charge in [0, 0.05) is 24.7 Å². The van der Waals surface area contributed by atoms with Gasteiger partial charge in [0.05, 0.1) is 10.3 Å². The van der Waals surface area contributed by atoms with Crippen LogP contribution in [-0.2, 0) is 9.53 Å². The van der Waals surface area contributed by atoms with E-state index in [1.165, 1.54) is 11.8 Å². The Bertz CT molecular complexity index is 401. The molecule has 1 rings (SSSR count). The van der Waals surface area contributed by atoms with Crippen molar-refractivity contribution in [2.45, 2.75) is 30.4 Å². The first-order valence-electron chi connectivity index (χ1n) is 6.41. The van der Waals surface area contributed by atoms with Crippen LogP contribution in [0.5, 0.6) is 0 Å². The van der Waals surface area contributed by atoms with Crippen molar-refractivity contribution in [3.8, 4) is 0 Å². The van der Waals surface area contributed by atoms with Gasteiger partial charge in [-0.2, -0.15) is 0 Å². The Hall–Kier alpha value is -0.710. The summed E-state index contributed by atoms with van der Waals surface area (Å²) in [6.07, 6.45) is 0.836. The number of ether oxygens (including phenoxy) is 1. The van der Waals surface area contributed by atoms with E-state index < -0.39 is 0 Å². The molecule has 1 N–H and O–H groups in total. The van der Waals surface area contributed by atoms with E-state index in [4.69, 9.17) is 16.3 Å². The SMILES string of the molecule is CCOCCCNC(=O)C(C)Sc1ccccc1Cl. The number of thioether (sulfide) groups is 1. The van der Waals surface area contributed by atoms with E-state index in [2.05, 4.69) is 5.32 Å². The van der Waals surface area contributed by atoms with Crippen molar-refractivity contribution in [3.63, 3.8) is 0 Å². The van der Waals surface area contributed by atoms with E-state index in [9.17, 15) is 4.79 Å². The topological polar surface area (TPSA) is 38.3 Å². The summed E-state index contributed by atoms with van der Waals surface area (Å²) in [6, 6.07) is 7.55. The molecule has 1 aromatic carbocycles. The third-order valence-electron chi connectivity index (χ3n) is 2.48. The minimum Gasteiger partial charge on any atom is -0.382 e. The zero-order valence-electron chi connectivity index (χ0n) is 11.3. The molecule has 1 aromatic rings. The van der Waals surface area contributed by atoms with E-state index >= 15 is 0 Å². The smallest absolute Gasteiger partial charge is 0.233 e. The molecule has 0 fully saturated rings. The number of halogens is 1. The highest BCUT2D eigenvalue weighted by atomic mass is 35.5. The zero-order valence-corrected chi connectivity index (χ0v) is 12.9.